The Morgan fingerprint density at radius 1 is 1.75 bits per heavy atom. The first-order valence-corrected chi connectivity index (χ1v) is 3.33. The molecule has 0 saturated heterocycles. The van der Waals surface area contributed by atoms with Crippen molar-refractivity contribution in [2.24, 2.45) is 0 Å². The maximum absolute atomic E-state index is 11.1. The van der Waals surface area contributed by atoms with Crippen molar-refractivity contribution in [2.45, 2.75) is 6.42 Å². The number of aromatic hydroxyl groups is 1. The van der Waals surface area contributed by atoms with Crippen LogP contribution in [-0.2, 0) is 6.42 Å². The quantitative estimate of drug-likeness (QED) is 0.531. The van der Waals surface area contributed by atoms with Crippen LogP contribution >= 0.6 is 0 Å². The largest absolute Gasteiger partial charge is 0.493 e. The van der Waals surface area contributed by atoms with Gasteiger partial charge in [-0.3, -0.25) is 9.78 Å². The molecule has 0 unspecified atom stereocenters. The van der Waals surface area contributed by atoms with E-state index in [1.165, 1.54) is 6.08 Å². The summed E-state index contributed by atoms with van der Waals surface area (Å²) in [5.74, 6) is -0.429. The molecule has 1 aromatic heterocycles. The number of nitrogens with two attached hydrogens (primary N) is 1. The highest BCUT2D eigenvalue weighted by Crippen LogP contribution is 2.09. The first kappa shape index (κ1) is 8.32. The van der Waals surface area contributed by atoms with E-state index in [2.05, 4.69) is 16.5 Å². The Kier molecular flexibility index (Phi) is 2.14. The monoisotopic (exact) mass is 167 g/mol. The Morgan fingerprint density at radius 2 is 2.42 bits per heavy atom. The summed E-state index contributed by atoms with van der Waals surface area (Å²) in [6, 6.07) is 0. The van der Waals surface area contributed by atoms with Crippen LogP contribution in [0.4, 0.5) is 5.95 Å². The third-order valence-electron chi connectivity index (χ3n) is 1.36. The van der Waals surface area contributed by atoms with E-state index in [4.69, 9.17) is 10.8 Å². The summed E-state index contributed by atoms with van der Waals surface area (Å²) in [7, 11) is 0. The van der Waals surface area contributed by atoms with Crippen LogP contribution < -0.4 is 11.3 Å². The molecule has 5 nitrogen and oxygen atoms in total. The van der Waals surface area contributed by atoms with Crippen LogP contribution in [0.25, 0.3) is 0 Å². The van der Waals surface area contributed by atoms with Gasteiger partial charge in [-0.05, 0) is 0 Å². The SMILES string of the molecule is C=CCc1c(O)nc(N)[nH]c1=O. The highest BCUT2D eigenvalue weighted by atomic mass is 16.3. The molecule has 0 aliphatic rings. The van der Waals surface area contributed by atoms with Crippen LogP contribution in [0.1, 0.15) is 5.56 Å². The lowest BCUT2D eigenvalue weighted by molar-refractivity contribution is 0.446. The van der Waals surface area contributed by atoms with E-state index in [1.54, 1.807) is 0 Å². The minimum atomic E-state index is -0.431. The minimum Gasteiger partial charge on any atom is -0.493 e. The molecular weight excluding hydrogens is 158 g/mol. The fourth-order valence-electron chi connectivity index (χ4n) is 0.831. The van der Waals surface area contributed by atoms with Crippen molar-refractivity contribution in [1.82, 2.24) is 9.97 Å². The van der Waals surface area contributed by atoms with Crippen LogP contribution in [0.15, 0.2) is 17.4 Å². The third-order valence-corrected chi connectivity index (χ3v) is 1.36. The van der Waals surface area contributed by atoms with Gasteiger partial charge in [0.15, 0.2) is 0 Å². The predicted molar refractivity (Wildman–Crippen MR) is 44.8 cm³/mol. The summed E-state index contributed by atoms with van der Waals surface area (Å²) in [6.45, 7) is 3.44. The number of aromatic amines is 1. The number of aromatic nitrogens is 2. The third kappa shape index (κ3) is 1.45. The molecule has 0 bridgehead atoms. The van der Waals surface area contributed by atoms with Crippen molar-refractivity contribution in [2.75, 3.05) is 5.73 Å². The molecule has 0 spiro atoms. The molecular formula is C7H9N3O2. The van der Waals surface area contributed by atoms with Crippen LogP contribution in [-0.4, -0.2) is 15.1 Å². The van der Waals surface area contributed by atoms with E-state index in [0.717, 1.165) is 0 Å². The number of hydrogen-bond donors (Lipinski definition) is 3. The number of rotatable bonds is 2. The van der Waals surface area contributed by atoms with Gasteiger partial charge in [0, 0.05) is 6.42 Å². The first-order valence-electron chi connectivity index (χ1n) is 3.33. The number of H-pyrrole nitrogens is 1. The average molecular weight is 167 g/mol. The second-order valence-electron chi connectivity index (χ2n) is 2.25. The lowest BCUT2D eigenvalue weighted by Crippen LogP contribution is -2.15. The van der Waals surface area contributed by atoms with Crippen LogP contribution in [0.5, 0.6) is 5.88 Å². The fraction of sp³-hybridized carbons (Fsp3) is 0.143. The van der Waals surface area contributed by atoms with Gasteiger partial charge in [-0.2, -0.15) is 4.98 Å². The number of nitrogen functional groups attached to an aromatic ring is 1. The minimum absolute atomic E-state index is 0.0923. The number of nitrogens with one attached hydrogen (secondary N) is 1. The van der Waals surface area contributed by atoms with E-state index in [0.29, 0.717) is 0 Å². The molecule has 0 aliphatic carbocycles. The van der Waals surface area contributed by atoms with Crippen molar-refractivity contribution in [3.8, 4) is 5.88 Å². The molecule has 0 aromatic carbocycles. The summed E-state index contributed by atoms with van der Waals surface area (Å²) in [6.07, 6.45) is 1.77. The van der Waals surface area contributed by atoms with Gasteiger partial charge in [0.1, 0.15) is 0 Å². The van der Waals surface area contributed by atoms with Gasteiger partial charge in [0.05, 0.1) is 5.56 Å². The Labute approximate surface area is 68.6 Å². The van der Waals surface area contributed by atoms with E-state index < -0.39 is 5.56 Å². The average Bonchev–Trinajstić information content (AvgIpc) is 1.96. The smallest absolute Gasteiger partial charge is 0.259 e. The molecule has 64 valence electrons. The van der Waals surface area contributed by atoms with Crippen LogP contribution in [0.3, 0.4) is 0 Å². The summed E-state index contributed by atoms with van der Waals surface area (Å²) in [5, 5.41) is 9.14. The van der Waals surface area contributed by atoms with Gasteiger partial charge >= 0.3 is 0 Å². The number of nitrogens with zero attached hydrogens (tertiary/aromatic N) is 1. The molecule has 0 aliphatic heterocycles. The summed E-state index contributed by atoms with van der Waals surface area (Å²) < 4.78 is 0. The molecule has 1 heterocycles. The Balaban J connectivity index is 3.28. The van der Waals surface area contributed by atoms with Gasteiger partial charge in [-0.15, -0.1) is 6.58 Å². The van der Waals surface area contributed by atoms with E-state index >= 15 is 0 Å². The lowest BCUT2D eigenvalue weighted by Gasteiger charge is -1.99. The molecule has 0 radical (unpaired) electrons. The molecule has 0 fully saturated rings. The molecule has 1 rings (SSSR count). The van der Waals surface area contributed by atoms with Gasteiger partial charge in [0.25, 0.3) is 5.56 Å². The zero-order valence-electron chi connectivity index (χ0n) is 6.37. The van der Waals surface area contributed by atoms with Gasteiger partial charge < -0.3 is 10.8 Å². The van der Waals surface area contributed by atoms with Crippen LogP contribution in [0.2, 0.25) is 0 Å². The van der Waals surface area contributed by atoms with Crippen LogP contribution in [0, 0.1) is 0 Å². The molecule has 4 N–H and O–H groups in total. The topological polar surface area (TPSA) is 92.0 Å². The second-order valence-corrected chi connectivity index (χ2v) is 2.25. The normalized spacial score (nSPS) is 9.67. The maximum atomic E-state index is 11.1. The summed E-state index contributed by atoms with van der Waals surface area (Å²) in [5.41, 5.74) is 4.92. The van der Waals surface area contributed by atoms with Crippen molar-refractivity contribution >= 4 is 5.95 Å². The van der Waals surface area contributed by atoms with Crippen molar-refractivity contribution < 1.29 is 5.11 Å². The number of hydrogen-bond acceptors (Lipinski definition) is 4. The Morgan fingerprint density at radius 3 is 2.92 bits per heavy atom. The molecule has 5 heteroatoms. The summed E-state index contributed by atoms with van der Waals surface area (Å²) in [4.78, 5) is 16.8. The molecule has 0 atom stereocenters. The highest BCUT2D eigenvalue weighted by Gasteiger charge is 2.06. The predicted octanol–water partition coefficient (Wildman–Crippen LogP) is -0.214. The standard InChI is InChI=1S/C7H9N3O2/c1-2-3-4-5(11)9-7(8)10-6(4)12/h2H,1,3H2,(H4,8,9,10,11,12). The Hall–Kier alpha value is -1.78. The van der Waals surface area contributed by atoms with E-state index in [-0.39, 0.29) is 23.8 Å². The van der Waals surface area contributed by atoms with Crippen molar-refractivity contribution in [3.63, 3.8) is 0 Å². The molecule has 12 heavy (non-hydrogen) atoms. The van der Waals surface area contributed by atoms with E-state index in [1.807, 2.05) is 0 Å². The zero-order valence-corrected chi connectivity index (χ0v) is 6.37. The second kappa shape index (κ2) is 3.08. The fourth-order valence-corrected chi connectivity index (χ4v) is 0.831. The molecule has 0 saturated carbocycles. The lowest BCUT2D eigenvalue weighted by atomic mass is 10.2. The van der Waals surface area contributed by atoms with E-state index in [9.17, 15) is 4.79 Å². The number of anilines is 1. The van der Waals surface area contributed by atoms with Gasteiger partial charge in [-0.25, -0.2) is 0 Å². The maximum Gasteiger partial charge on any atom is 0.259 e. The summed E-state index contributed by atoms with van der Waals surface area (Å²) >= 11 is 0. The zero-order chi connectivity index (χ0) is 9.14. The first-order chi connectivity index (χ1) is 5.65. The molecule has 0 amide bonds. The van der Waals surface area contributed by atoms with Crippen molar-refractivity contribution in [3.05, 3.63) is 28.6 Å². The molecule has 1 aromatic rings. The van der Waals surface area contributed by atoms with Gasteiger partial charge in [-0.1, -0.05) is 6.08 Å². The van der Waals surface area contributed by atoms with Gasteiger partial charge in [0.2, 0.25) is 11.8 Å². The Bertz CT molecular complexity index is 356. The highest BCUT2D eigenvalue weighted by molar-refractivity contribution is 5.30. The number of allylic oxidation sites excluding steroid dienone is 1. The van der Waals surface area contributed by atoms with Crippen molar-refractivity contribution in [1.29, 1.82) is 0 Å².